The first-order chi connectivity index (χ1) is 15.2. The third-order valence-electron chi connectivity index (χ3n) is 6.24. The zero-order valence-electron chi connectivity index (χ0n) is 18.3. The van der Waals surface area contributed by atoms with E-state index in [2.05, 4.69) is 10.2 Å². The second-order valence-corrected chi connectivity index (χ2v) is 9.52. The number of likely N-dealkylation sites (tertiary alicyclic amines) is 1. The molecule has 0 radical (unpaired) electrons. The highest BCUT2D eigenvalue weighted by molar-refractivity contribution is 6.35. The van der Waals surface area contributed by atoms with Crippen molar-refractivity contribution < 1.29 is 23.1 Å². The van der Waals surface area contributed by atoms with Crippen LogP contribution in [0.2, 0.25) is 10.0 Å². The summed E-state index contributed by atoms with van der Waals surface area (Å²) in [6, 6.07) is 5.75. The Labute approximate surface area is 198 Å². The van der Waals surface area contributed by atoms with Gasteiger partial charge in [-0.25, -0.2) is 4.79 Å². The Morgan fingerprint density at radius 1 is 1.03 bits per heavy atom. The average Bonchev–Trinajstić information content (AvgIpc) is 2.74. The third kappa shape index (κ3) is 9.86. The fourth-order valence-corrected chi connectivity index (χ4v) is 4.99. The lowest BCUT2D eigenvalue weighted by molar-refractivity contribution is -0.192. The van der Waals surface area contributed by atoms with Crippen molar-refractivity contribution >= 4 is 29.2 Å². The lowest BCUT2D eigenvalue weighted by Gasteiger charge is -2.35. The van der Waals surface area contributed by atoms with Crippen LogP contribution in [0, 0.1) is 11.8 Å². The summed E-state index contributed by atoms with van der Waals surface area (Å²) in [6.07, 6.45) is 5.81. The number of rotatable bonds is 7. The van der Waals surface area contributed by atoms with Crippen molar-refractivity contribution in [1.29, 1.82) is 0 Å². The molecule has 2 aliphatic rings. The zero-order valence-corrected chi connectivity index (χ0v) is 19.8. The van der Waals surface area contributed by atoms with Crippen molar-refractivity contribution in [2.24, 2.45) is 11.8 Å². The summed E-state index contributed by atoms with van der Waals surface area (Å²) in [5, 5.41) is 12.3. The minimum Gasteiger partial charge on any atom is -0.475 e. The maximum atomic E-state index is 10.6. The van der Waals surface area contributed by atoms with Crippen molar-refractivity contribution in [2.75, 3.05) is 32.7 Å². The van der Waals surface area contributed by atoms with E-state index in [-0.39, 0.29) is 0 Å². The van der Waals surface area contributed by atoms with Crippen LogP contribution in [0.15, 0.2) is 18.2 Å². The summed E-state index contributed by atoms with van der Waals surface area (Å²) in [7, 11) is 0. The maximum Gasteiger partial charge on any atom is 0.490 e. The van der Waals surface area contributed by atoms with Gasteiger partial charge < -0.3 is 15.3 Å². The molecule has 0 unspecified atom stereocenters. The monoisotopic (exact) mass is 496 g/mol. The number of aliphatic carboxylic acids is 1. The quantitative estimate of drug-likeness (QED) is 0.451. The molecule has 4 nitrogen and oxygen atoms in total. The molecular weight excluding hydrogens is 464 g/mol. The van der Waals surface area contributed by atoms with E-state index in [1.807, 2.05) is 18.2 Å². The van der Waals surface area contributed by atoms with Crippen molar-refractivity contribution in [3.63, 3.8) is 0 Å². The molecule has 32 heavy (non-hydrogen) atoms. The predicted molar refractivity (Wildman–Crippen MR) is 122 cm³/mol. The van der Waals surface area contributed by atoms with Gasteiger partial charge in [-0.15, -0.1) is 0 Å². The fourth-order valence-electron chi connectivity index (χ4n) is 4.40. The number of carbonyl (C=O) groups is 1. The van der Waals surface area contributed by atoms with E-state index in [0.29, 0.717) is 0 Å². The van der Waals surface area contributed by atoms with Gasteiger partial charge in [0.25, 0.3) is 0 Å². The van der Waals surface area contributed by atoms with E-state index in [1.54, 1.807) is 0 Å². The fraction of sp³-hybridized carbons (Fsp3) is 0.696. The van der Waals surface area contributed by atoms with Gasteiger partial charge in [0.05, 0.1) is 0 Å². The largest absolute Gasteiger partial charge is 0.490 e. The first-order valence-corrected chi connectivity index (χ1v) is 12.1. The topological polar surface area (TPSA) is 52.6 Å². The number of halogens is 5. The van der Waals surface area contributed by atoms with Crippen molar-refractivity contribution in [1.82, 2.24) is 10.2 Å². The molecule has 1 aliphatic carbocycles. The van der Waals surface area contributed by atoms with Gasteiger partial charge in [0.1, 0.15) is 0 Å². The molecule has 2 fully saturated rings. The van der Waals surface area contributed by atoms with E-state index in [0.717, 1.165) is 47.0 Å². The van der Waals surface area contributed by atoms with Crippen LogP contribution in [0.1, 0.15) is 50.5 Å². The molecule has 182 valence electrons. The van der Waals surface area contributed by atoms with Crippen LogP contribution in [-0.2, 0) is 11.2 Å². The van der Waals surface area contributed by atoms with E-state index in [1.165, 1.54) is 64.6 Å². The number of carboxylic acid groups (broad SMARTS) is 1. The van der Waals surface area contributed by atoms with Crippen LogP contribution in [0.25, 0.3) is 0 Å². The van der Waals surface area contributed by atoms with Gasteiger partial charge in [-0.3, -0.25) is 0 Å². The average molecular weight is 497 g/mol. The highest BCUT2D eigenvalue weighted by Crippen LogP contribution is 2.27. The number of hydrogen-bond donors (Lipinski definition) is 2. The number of piperidine rings is 1. The molecule has 1 saturated carbocycles. The molecule has 9 heteroatoms. The number of nitrogens with zero attached hydrogens (tertiary/aromatic N) is 1. The number of hydrogen-bond acceptors (Lipinski definition) is 3. The number of benzene rings is 1. The van der Waals surface area contributed by atoms with Crippen molar-refractivity contribution in [2.45, 2.75) is 57.5 Å². The summed E-state index contributed by atoms with van der Waals surface area (Å²) in [6.45, 7) is 6.01. The SMILES string of the molecule is Clc1cccc(Cl)c1CCNCC1CCN(CC2CCCCC2)CC1.O=C(O)C(F)(F)F. The summed E-state index contributed by atoms with van der Waals surface area (Å²) in [5.41, 5.74) is 1.07. The summed E-state index contributed by atoms with van der Waals surface area (Å²) < 4.78 is 31.7. The molecule has 0 amide bonds. The Kier molecular flexibility index (Phi) is 11.6. The molecule has 1 aromatic rings. The first-order valence-electron chi connectivity index (χ1n) is 11.3. The van der Waals surface area contributed by atoms with Crippen LogP contribution in [0.3, 0.4) is 0 Å². The predicted octanol–water partition coefficient (Wildman–Crippen LogP) is 6.05. The number of carboxylic acids is 1. The van der Waals surface area contributed by atoms with Crippen molar-refractivity contribution in [3.05, 3.63) is 33.8 Å². The van der Waals surface area contributed by atoms with Crippen LogP contribution in [0.5, 0.6) is 0 Å². The van der Waals surface area contributed by atoms with Crippen molar-refractivity contribution in [3.8, 4) is 0 Å². The maximum absolute atomic E-state index is 10.6. The standard InChI is InChI=1S/C21H32Cl2N2.C2HF3O2/c22-20-7-4-8-21(23)19(20)9-12-24-15-17-10-13-25(14-11-17)16-18-5-2-1-3-6-18;3-2(4,5)1(6)7/h4,7-8,17-18,24H,1-3,5-6,9-16H2;(H,6,7). The Bertz CT molecular complexity index is 685. The van der Waals surface area contributed by atoms with Gasteiger partial charge >= 0.3 is 12.1 Å². The molecule has 1 aliphatic heterocycles. The van der Waals surface area contributed by atoms with Crippen LogP contribution in [-0.4, -0.2) is 54.9 Å². The molecule has 1 aromatic carbocycles. The zero-order chi connectivity index (χ0) is 23.6. The van der Waals surface area contributed by atoms with Crippen LogP contribution < -0.4 is 5.32 Å². The number of alkyl halides is 3. The molecule has 0 spiro atoms. The molecule has 0 bridgehead atoms. The van der Waals surface area contributed by atoms with E-state index in [4.69, 9.17) is 33.1 Å². The number of nitrogens with one attached hydrogen (secondary N) is 1. The molecule has 2 N–H and O–H groups in total. The highest BCUT2D eigenvalue weighted by Gasteiger charge is 2.38. The Hall–Kier alpha value is -1.02. The minimum absolute atomic E-state index is 0.783. The summed E-state index contributed by atoms with van der Waals surface area (Å²) in [4.78, 5) is 11.6. The van der Waals surface area contributed by atoms with Crippen LogP contribution in [0.4, 0.5) is 13.2 Å². The van der Waals surface area contributed by atoms with E-state index >= 15 is 0 Å². The first kappa shape index (κ1) is 27.2. The Morgan fingerprint density at radius 3 is 2.12 bits per heavy atom. The highest BCUT2D eigenvalue weighted by atomic mass is 35.5. The summed E-state index contributed by atoms with van der Waals surface area (Å²) >= 11 is 12.5. The Morgan fingerprint density at radius 2 is 1.59 bits per heavy atom. The van der Waals surface area contributed by atoms with E-state index in [9.17, 15) is 13.2 Å². The van der Waals surface area contributed by atoms with Gasteiger partial charge in [-0.2, -0.15) is 13.2 Å². The van der Waals surface area contributed by atoms with Gasteiger partial charge in [0, 0.05) is 16.6 Å². The normalized spacial score (nSPS) is 18.8. The molecule has 3 rings (SSSR count). The third-order valence-corrected chi connectivity index (χ3v) is 6.95. The van der Waals surface area contributed by atoms with Gasteiger partial charge in [0.2, 0.25) is 0 Å². The Balaban J connectivity index is 0.000000451. The second-order valence-electron chi connectivity index (χ2n) is 8.71. The lowest BCUT2D eigenvalue weighted by Crippen LogP contribution is -2.40. The summed E-state index contributed by atoms with van der Waals surface area (Å²) in [5.74, 6) is -0.958. The lowest BCUT2D eigenvalue weighted by atomic mass is 9.88. The minimum atomic E-state index is -5.08. The molecule has 1 saturated heterocycles. The van der Waals surface area contributed by atoms with Gasteiger partial charge in [-0.05, 0) is 87.8 Å². The molecule has 0 atom stereocenters. The van der Waals surface area contributed by atoms with Crippen LogP contribution >= 0.6 is 23.2 Å². The van der Waals surface area contributed by atoms with E-state index < -0.39 is 12.1 Å². The second kappa shape index (κ2) is 13.6. The smallest absolute Gasteiger partial charge is 0.475 e. The molecule has 0 aromatic heterocycles. The van der Waals surface area contributed by atoms with Gasteiger partial charge in [0.15, 0.2) is 0 Å². The van der Waals surface area contributed by atoms with Gasteiger partial charge in [-0.1, -0.05) is 48.5 Å². The molecular formula is C23H33Cl2F3N2O2. The molecule has 1 heterocycles.